The molecule has 0 aliphatic carbocycles. The zero-order valence-electron chi connectivity index (χ0n) is 8.60. The molecule has 0 saturated heterocycles. The van der Waals surface area contributed by atoms with Crippen LogP contribution in [0.3, 0.4) is 0 Å². The highest BCUT2D eigenvalue weighted by Gasteiger charge is 2.10. The summed E-state index contributed by atoms with van der Waals surface area (Å²) in [6, 6.07) is 3.78. The molecule has 0 aliphatic heterocycles. The average molecular weight is 255 g/mol. The van der Waals surface area contributed by atoms with Gasteiger partial charge in [0, 0.05) is 18.0 Å². The van der Waals surface area contributed by atoms with Crippen LogP contribution in [0, 0.1) is 12.3 Å². The smallest absolute Gasteiger partial charge is 0.135 e. The maximum Gasteiger partial charge on any atom is 0.135 e. The van der Waals surface area contributed by atoms with Gasteiger partial charge in [-0.3, -0.25) is 10.4 Å². The lowest BCUT2D eigenvalue weighted by atomic mass is 10.3. The lowest BCUT2D eigenvalue weighted by Gasteiger charge is -1.92. The maximum atomic E-state index is 7.39. The normalized spacial score (nSPS) is 9.56. The summed E-state index contributed by atoms with van der Waals surface area (Å²) in [5, 5.41) is 8.26. The van der Waals surface area contributed by atoms with Crippen molar-refractivity contribution in [3.63, 3.8) is 0 Å². The molecule has 0 atom stereocenters. The van der Waals surface area contributed by atoms with Crippen molar-refractivity contribution in [3.05, 3.63) is 35.1 Å². The highest BCUT2D eigenvalue weighted by atomic mass is 35.5. The number of thiazole rings is 1. The zero-order chi connectivity index (χ0) is 10.8. The Morgan fingerprint density at radius 1 is 1.38 bits per heavy atom. The van der Waals surface area contributed by atoms with Gasteiger partial charge in [-0.05, 0) is 19.1 Å². The van der Waals surface area contributed by atoms with Gasteiger partial charge in [0.15, 0.2) is 0 Å². The van der Waals surface area contributed by atoms with Gasteiger partial charge >= 0.3 is 0 Å². The molecule has 2 heterocycles. The number of hydrogen-bond donors (Lipinski definition) is 2. The molecule has 0 fully saturated rings. The van der Waals surface area contributed by atoms with E-state index in [1.54, 1.807) is 12.4 Å². The molecule has 0 aliphatic rings. The Balaban J connectivity index is 0.00000128. The largest absolute Gasteiger partial charge is 0.383 e. The van der Waals surface area contributed by atoms with Crippen molar-refractivity contribution >= 4 is 29.6 Å². The van der Waals surface area contributed by atoms with Crippen molar-refractivity contribution in [2.75, 3.05) is 0 Å². The van der Waals surface area contributed by atoms with Crippen molar-refractivity contribution in [1.82, 2.24) is 9.97 Å². The lowest BCUT2D eigenvalue weighted by molar-refractivity contribution is 1.24. The minimum Gasteiger partial charge on any atom is -0.383 e. The first-order valence-electron chi connectivity index (χ1n) is 4.40. The van der Waals surface area contributed by atoms with E-state index in [0.29, 0.717) is 0 Å². The third-order valence-corrected chi connectivity index (χ3v) is 3.21. The first-order chi connectivity index (χ1) is 7.18. The minimum absolute atomic E-state index is 0. The molecule has 84 valence electrons. The summed E-state index contributed by atoms with van der Waals surface area (Å²) in [4.78, 5) is 9.05. The van der Waals surface area contributed by atoms with Gasteiger partial charge in [-0.25, -0.2) is 4.98 Å². The van der Waals surface area contributed by atoms with E-state index in [1.165, 1.54) is 11.3 Å². The van der Waals surface area contributed by atoms with Crippen LogP contribution < -0.4 is 5.73 Å². The summed E-state index contributed by atoms with van der Waals surface area (Å²) < 4.78 is 0. The number of nitrogen functional groups attached to an aromatic ring is 1. The van der Waals surface area contributed by atoms with Crippen molar-refractivity contribution in [3.8, 4) is 10.6 Å². The quantitative estimate of drug-likeness (QED) is 0.637. The van der Waals surface area contributed by atoms with E-state index >= 15 is 0 Å². The van der Waals surface area contributed by atoms with Crippen LogP contribution >= 0.6 is 23.7 Å². The summed E-state index contributed by atoms with van der Waals surface area (Å²) in [5.41, 5.74) is 7.26. The lowest BCUT2D eigenvalue weighted by Crippen LogP contribution is -2.10. The number of amidine groups is 1. The Labute approximate surface area is 103 Å². The fourth-order valence-electron chi connectivity index (χ4n) is 1.26. The fraction of sp³-hybridized carbons (Fsp3) is 0.100. The van der Waals surface area contributed by atoms with E-state index in [2.05, 4.69) is 9.97 Å². The van der Waals surface area contributed by atoms with Gasteiger partial charge in [0.2, 0.25) is 0 Å². The number of halogens is 1. The Bertz CT molecular complexity index is 495. The first-order valence-corrected chi connectivity index (χ1v) is 5.22. The van der Waals surface area contributed by atoms with Crippen molar-refractivity contribution < 1.29 is 0 Å². The second kappa shape index (κ2) is 5.05. The standard InChI is InChI=1S/C10H10N4S.ClH/c1-6-8(9(11)12)15-10(14-6)7-2-4-13-5-3-7;/h2-5H,1H3,(H3,11,12);1H. The Morgan fingerprint density at radius 2 is 2.00 bits per heavy atom. The van der Waals surface area contributed by atoms with Crippen LogP contribution in [-0.4, -0.2) is 15.8 Å². The number of rotatable bonds is 2. The van der Waals surface area contributed by atoms with E-state index in [4.69, 9.17) is 11.1 Å². The monoisotopic (exact) mass is 254 g/mol. The van der Waals surface area contributed by atoms with Gasteiger partial charge in [0.1, 0.15) is 10.8 Å². The summed E-state index contributed by atoms with van der Waals surface area (Å²) >= 11 is 1.43. The topological polar surface area (TPSA) is 75.7 Å². The van der Waals surface area contributed by atoms with Crippen LogP contribution in [0.4, 0.5) is 0 Å². The van der Waals surface area contributed by atoms with E-state index in [0.717, 1.165) is 21.1 Å². The number of nitrogens with zero attached hydrogens (tertiary/aromatic N) is 2. The van der Waals surface area contributed by atoms with Gasteiger partial charge in [-0.1, -0.05) is 0 Å². The van der Waals surface area contributed by atoms with Gasteiger partial charge < -0.3 is 5.73 Å². The molecular formula is C10H11ClN4S. The summed E-state index contributed by atoms with van der Waals surface area (Å²) in [6.07, 6.45) is 3.44. The fourth-order valence-corrected chi connectivity index (χ4v) is 2.20. The molecule has 0 radical (unpaired) electrons. The molecule has 16 heavy (non-hydrogen) atoms. The van der Waals surface area contributed by atoms with E-state index < -0.39 is 0 Å². The number of aryl methyl sites for hydroxylation is 1. The second-order valence-corrected chi connectivity index (χ2v) is 4.08. The Kier molecular flexibility index (Phi) is 3.98. The van der Waals surface area contributed by atoms with Crippen LogP contribution in [0.15, 0.2) is 24.5 Å². The Morgan fingerprint density at radius 3 is 2.50 bits per heavy atom. The van der Waals surface area contributed by atoms with Crippen LogP contribution in [0.5, 0.6) is 0 Å². The summed E-state index contributed by atoms with van der Waals surface area (Å²) in [5.74, 6) is 0.0744. The SMILES string of the molecule is Cc1nc(-c2ccncc2)sc1C(=N)N.Cl. The predicted molar refractivity (Wildman–Crippen MR) is 68.3 cm³/mol. The molecule has 0 amide bonds. The van der Waals surface area contributed by atoms with Crippen molar-refractivity contribution in [2.24, 2.45) is 5.73 Å². The highest BCUT2D eigenvalue weighted by molar-refractivity contribution is 7.17. The third-order valence-electron chi connectivity index (χ3n) is 1.97. The molecule has 4 nitrogen and oxygen atoms in total. The molecular weight excluding hydrogens is 244 g/mol. The highest BCUT2D eigenvalue weighted by Crippen LogP contribution is 2.26. The predicted octanol–water partition coefficient (Wildman–Crippen LogP) is 2.22. The van der Waals surface area contributed by atoms with Gasteiger partial charge in [-0.15, -0.1) is 23.7 Å². The maximum absolute atomic E-state index is 7.39. The van der Waals surface area contributed by atoms with Gasteiger partial charge in [-0.2, -0.15) is 0 Å². The Hall–Kier alpha value is -1.46. The van der Waals surface area contributed by atoms with Crippen molar-refractivity contribution in [2.45, 2.75) is 6.92 Å². The molecule has 2 aromatic rings. The van der Waals surface area contributed by atoms with Crippen LogP contribution in [0.1, 0.15) is 10.6 Å². The average Bonchev–Trinajstić information content (AvgIpc) is 2.62. The molecule has 0 aromatic carbocycles. The second-order valence-electron chi connectivity index (χ2n) is 3.08. The number of aromatic nitrogens is 2. The number of hydrogen-bond acceptors (Lipinski definition) is 4. The number of pyridine rings is 1. The zero-order valence-corrected chi connectivity index (χ0v) is 10.2. The number of nitrogens with one attached hydrogen (secondary N) is 1. The minimum atomic E-state index is 0. The van der Waals surface area contributed by atoms with E-state index in [-0.39, 0.29) is 18.2 Å². The van der Waals surface area contributed by atoms with Crippen LogP contribution in [0.2, 0.25) is 0 Å². The molecule has 0 bridgehead atoms. The van der Waals surface area contributed by atoms with Gasteiger partial charge in [0.05, 0.1) is 10.6 Å². The molecule has 0 saturated carbocycles. The summed E-state index contributed by atoms with van der Waals surface area (Å²) in [7, 11) is 0. The third kappa shape index (κ3) is 2.37. The van der Waals surface area contributed by atoms with E-state index in [1.807, 2.05) is 19.1 Å². The first kappa shape index (κ1) is 12.6. The molecule has 0 unspecified atom stereocenters. The van der Waals surface area contributed by atoms with E-state index in [9.17, 15) is 0 Å². The molecule has 3 N–H and O–H groups in total. The number of nitrogens with two attached hydrogens (primary N) is 1. The molecule has 0 spiro atoms. The van der Waals surface area contributed by atoms with Crippen LogP contribution in [0.25, 0.3) is 10.6 Å². The molecule has 6 heteroatoms. The van der Waals surface area contributed by atoms with Crippen LogP contribution in [-0.2, 0) is 0 Å². The van der Waals surface area contributed by atoms with Crippen molar-refractivity contribution in [1.29, 1.82) is 5.41 Å². The molecule has 2 rings (SSSR count). The van der Waals surface area contributed by atoms with Gasteiger partial charge in [0.25, 0.3) is 0 Å². The molecule has 2 aromatic heterocycles. The summed E-state index contributed by atoms with van der Waals surface area (Å²) in [6.45, 7) is 1.86.